The number of nitrogens with one attached hydrogen (secondary N) is 2. The van der Waals surface area contributed by atoms with Crippen LogP contribution in [0.4, 0.5) is 5.82 Å². The third kappa shape index (κ3) is 3.18. The number of hydrogen-bond acceptors (Lipinski definition) is 5. The minimum absolute atomic E-state index is 0.132. The summed E-state index contributed by atoms with van der Waals surface area (Å²) in [6.45, 7) is 3.15. The number of anilines is 1. The van der Waals surface area contributed by atoms with Gasteiger partial charge in [0.05, 0.1) is 6.10 Å². The fraction of sp³-hybridized carbons (Fsp3) is 0.500. The number of nitrogens with zero attached hydrogens (tertiary/aromatic N) is 1. The number of aromatic nitrogens is 1. The number of pyridine rings is 1. The number of carbonyl (C=O) groups excluding carboxylic acids is 1. The molecule has 6 nitrogen and oxygen atoms in total. The average molecular weight is 250 g/mol. The van der Waals surface area contributed by atoms with Crippen LogP contribution in [0.3, 0.4) is 0 Å². The van der Waals surface area contributed by atoms with E-state index in [4.69, 9.17) is 10.6 Å². The van der Waals surface area contributed by atoms with Gasteiger partial charge in [-0.25, -0.2) is 10.8 Å². The highest BCUT2D eigenvalue weighted by Crippen LogP contribution is 2.12. The molecule has 1 saturated heterocycles. The highest BCUT2D eigenvalue weighted by molar-refractivity contribution is 5.95. The quantitative estimate of drug-likeness (QED) is 0.537. The Morgan fingerprint density at radius 3 is 3.11 bits per heavy atom. The van der Waals surface area contributed by atoms with Crippen molar-refractivity contribution in [3.8, 4) is 0 Å². The van der Waals surface area contributed by atoms with Gasteiger partial charge < -0.3 is 15.5 Å². The third-order valence-electron chi connectivity index (χ3n) is 2.88. The molecule has 6 heteroatoms. The second kappa shape index (κ2) is 5.79. The van der Waals surface area contributed by atoms with Gasteiger partial charge in [-0.3, -0.25) is 4.79 Å². The summed E-state index contributed by atoms with van der Waals surface area (Å²) in [7, 11) is 0. The average Bonchev–Trinajstić information content (AvgIpc) is 2.88. The predicted molar refractivity (Wildman–Crippen MR) is 68.1 cm³/mol. The van der Waals surface area contributed by atoms with E-state index in [9.17, 15) is 4.79 Å². The first-order valence-corrected chi connectivity index (χ1v) is 6.04. The Morgan fingerprint density at radius 2 is 2.44 bits per heavy atom. The van der Waals surface area contributed by atoms with Gasteiger partial charge in [0.1, 0.15) is 5.82 Å². The lowest BCUT2D eigenvalue weighted by Gasteiger charge is -2.11. The number of nitrogen functional groups attached to an aromatic ring is 1. The van der Waals surface area contributed by atoms with Crippen molar-refractivity contribution in [1.82, 2.24) is 10.3 Å². The number of rotatable bonds is 4. The smallest absolute Gasteiger partial charge is 0.251 e. The molecule has 0 bridgehead atoms. The number of carbonyl (C=O) groups is 1. The summed E-state index contributed by atoms with van der Waals surface area (Å²) in [5, 5.41) is 2.86. The zero-order chi connectivity index (χ0) is 13.0. The first-order chi connectivity index (χ1) is 8.69. The fourth-order valence-corrected chi connectivity index (χ4v) is 1.99. The van der Waals surface area contributed by atoms with Gasteiger partial charge in [-0.15, -0.1) is 0 Å². The molecule has 0 aliphatic carbocycles. The molecule has 98 valence electrons. The second-order valence-corrected chi connectivity index (χ2v) is 4.37. The largest absolute Gasteiger partial charge is 0.376 e. The Balaban J connectivity index is 1.97. The monoisotopic (exact) mass is 250 g/mol. The summed E-state index contributed by atoms with van der Waals surface area (Å²) < 4.78 is 5.45. The summed E-state index contributed by atoms with van der Waals surface area (Å²) in [6.07, 6.45) is 2.21. The highest BCUT2D eigenvalue weighted by atomic mass is 16.5. The molecule has 1 fully saturated rings. The standard InChI is InChI=1S/C12H18N4O2/c1-8-5-9(6-11(15-8)16-13)12(17)14-7-10-3-2-4-18-10/h5-6,10H,2-4,7,13H2,1H3,(H,14,17)(H,15,16). The van der Waals surface area contributed by atoms with Crippen molar-refractivity contribution in [2.75, 3.05) is 18.6 Å². The van der Waals surface area contributed by atoms with Crippen LogP contribution < -0.4 is 16.6 Å². The van der Waals surface area contributed by atoms with Crippen molar-refractivity contribution < 1.29 is 9.53 Å². The van der Waals surface area contributed by atoms with Gasteiger partial charge in [0.15, 0.2) is 0 Å². The van der Waals surface area contributed by atoms with Crippen LogP contribution in [0.1, 0.15) is 28.9 Å². The number of hydrazine groups is 1. The molecule has 1 aromatic heterocycles. The van der Waals surface area contributed by atoms with Crippen LogP contribution in [-0.2, 0) is 4.74 Å². The van der Waals surface area contributed by atoms with Gasteiger partial charge in [0, 0.05) is 24.4 Å². The van der Waals surface area contributed by atoms with E-state index in [-0.39, 0.29) is 12.0 Å². The van der Waals surface area contributed by atoms with E-state index in [2.05, 4.69) is 15.7 Å². The molecule has 1 amide bonds. The molecule has 0 aromatic carbocycles. The van der Waals surface area contributed by atoms with Crippen LogP contribution in [0.2, 0.25) is 0 Å². The van der Waals surface area contributed by atoms with E-state index in [0.717, 1.165) is 25.1 Å². The van der Waals surface area contributed by atoms with Gasteiger partial charge in [0.2, 0.25) is 0 Å². The number of amides is 1. The lowest BCUT2D eigenvalue weighted by Crippen LogP contribution is -2.31. The van der Waals surface area contributed by atoms with E-state index >= 15 is 0 Å². The molecule has 0 saturated carbocycles. The Hall–Kier alpha value is -1.66. The van der Waals surface area contributed by atoms with E-state index in [1.807, 2.05) is 6.92 Å². The molecule has 2 rings (SSSR count). The van der Waals surface area contributed by atoms with Crippen LogP contribution in [0.5, 0.6) is 0 Å². The molecule has 1 aliphatic heterocycles. The number of nitrogens with two attached hydrogens (primary N) is 1. The first-order valence-electron chi connectivity index (χ1n) is 6.04. The molecule has 2 heterocycles. The maximum Gasteiger partial charge on any atom is 0.251 e. The molecule has 18 heavy (non-hydrogen) atoms. The molecular weight excluding hydrogens is 232 g/mol. The van der Waals surface area contributed by atoms with Crippen LogP contribution in [-0.4, -0.2) is 30.1 Å². The van der Waals surface area contributed by atoms with Gasteiger partial charge in [-0.05, 0) is 31.9 Å². The fourth-order valence-electron chi connectivity index (χ4n) is 1.99. The minimum atomic E-state index is -0.132. The Labute approximate surface area is 106 Å². The molecular formula is C12H18N4O2. The van der Waals surface area contributed by atoms with Gasteiger partial charge >= 0.3 is 0 Å². The van der Waals surface area contributed by atoms with Crippen LogP contribution in [0.25, 0.3) is 0 Å². The van der Waals surface area contributed by atoms with E-state index in [1.165, 1.54) is 0 Å². The summed E-state index contributed by atoms with van der Waals surface area (Å²) in [6, 6.07) is 3.35. The summed E-state index contributed by atoms with van der Waals surface area (Å²) in [5.41, 5.74) is 3.74. The van der Waals surface area contributed by atoms with Gasteiger partial charge in [-0.1, -0.05) is 0 Å². The van der Waals surface area contributed by atoms with Crippen LogP contribution >= 0.6 is 0 Å². The van der Waals surface area contributed by atoms with Crippen molar-refractivity contribution in [3.05, 3.63) is 23.4 Å². The van der Waals surface area contributed by atoms with Gasteiger partial charge in [-0.2, -0.15) is 0 Å². The molecule has 1 aliphatic rings. The summed E-state index contributed by atoms with van der Waals surface area (Å²) >= 11 is 0. The zero-order valence-corrected chi connectivity index (χ0v) is 10.4. The van der Waals surface area contributed by atoms with E-state index in [0.29, 0.717) is 17.9 Å². The topological polar surface area (TPSA) is 89.3 Å². The molecule has 0 radical (unpaired) electrons. The minimum Gasteiger partial charge on any atom is -0.376 e. The van der Waals surface area contributed by atoms with E-state index in [1.54, 1.807) is 12.1 Å². The number of aryl methyl sites for hydroxylation is 1. The molecule has 0 spiro atoms. The van der Waals surface area contributed by atoms with Crippen molar-refractivity contribution in [2.24, 2.45) is 5.84 Å². The summed E-state index contributed by atoms with van der Waals surface area (Å²) in [4.78, 5) is 16.1. The molecule has 4 N–H and O–H groups in total. The Kier molecular flexibility index (Phi) is 4.11. The normalized spacial score (nSPS) is 18.7. The van der Waals surface area contributed by atoms with Crippen LogP contribution in [0.15, 0.2) is 12.1 Å². The Bertz CT molecular complexity index is 430. The highest BCUT2D eigenvalue weighted by Gasteiger charge is 2.17. The first kappa shape index (κ1) is 12.8. The van der Waals surface area contributed by atoms with Gasteiger partial charge in [0.25, 0.3) is 5.91 Å². The third-order valence-corrected chi connectivity index (χ3v) is 2.88. The van der Waals surface area contributed by atoms with Crippen molar-refractivity contribution in [1.29, 1.82) is 0 Å². The summed E-state index contributed by atoms with van der Waals surface area (Å²) in [5.74, 6) is 5.65. The lowest BCUT2D eigenvalue weighted by atomic mass is 10.2. The van der Waals surface area contributed by atoms with E-state index < -0.39 is 0 Å². The van der Waals surface area contributed by atoms with Crippen molar-refractivity contribution >= 4 is 11.7 Å². The van der Waals surface area contributed by atoms with Crippen molar-refractivity contribution in [3.63, 3.8) is 0 Å². The van der Waals surface area contributed by atoms with Crippen LogP contribution in [0, 0.1) is 6.92 Å². The lowest BCUT2D eigenvalue weighted by molar-refractivity contribution is 0.0857. The molecule has 1 aromatic rings. The predicted octanol–water partition coefficient (Wildman–Crippen LogP) is 0.584. The van der Waals surface area contributed by atoms with Crippen molar-refractivity contribution in [2.45, 2.75) is 25.9 Å². The zero-order valence-electron chi connectivity index (χ0n) is 10.4. The maximum atomic E-state index is 12.0. The maximum absolute atomic E-state index is 12.0. The second-order valence-electron chi connectivity index (χ2n) is 4.37. The Morgan fingerprint density at radius 1 is 1.61 bits per heavy atom. The SMILES string of the molecule is Cc1cc(C(=O)NCC2CCCO2)cc(NN)n1. The molecule has 1 atom stereocenters. The molecule has 1 unspecified atom stereocenters. The number of hydrogen-bond donors (Lipinski definition) is 3. The number of ether oxygens (including phenoxy) is 1.